The number of nitrogens with zero attached hydrogens (tertiary/aromatic N) is 1. The van der Waals surface area contributed by atoms with Crippen molar-refractivity contribution >= 4 is 22.6 Å². The molecule has 1 heterocycles. The highest BCUT2D eigenvalue weighted by atomic mass is 16.2. The maximum absolute atomic E-state index is 12.3. The third kappa shape index (κ3) is 4.22. The average molecular weight is 349 g/mol. The minimum absolute atomic E-state index is 0.0223. The molecule has 3 rings (SSSR count). The van der Waals surface area contributed by atoms with Crippen molar-refractivity contribution in [3.8, 4) is 0 Å². The minimum Gasteiger partial charge on any atom is -0.345 e. The standard InChI is InChI=1S/C20H19N3O3/c1-13-22-18-11-15(8-10-17(18)20(26)23-13)19(25)21-12-16(24)9-7-14-5-3-2-4-6-14/h2-6,8,10-11H,7,9,12H2,1H3,(H,21,25)(H,22,23,26). The lowest BCUT2D eigenvalue weighted by molar-refractivity contribution is -0.118. The summed E-state index contributed by atoms with van der Waals surface area (Å²) in [5.41, 5.74) is 1.67. The fourth-order valence-corrected chi connectivity index (χ4v) is 2.70. The van der Waals surface area contributed by atoms with Crippen LogP contribution < -0.4 is 10.9 Å². The summed E-state index contributed by atoms with van der Waals surface area (Å²) in [4.78, 5) is 42.9. The van der Waals surface area contributed by atoms with E-state index in [1.165, 1.54) is 0 Å². The summed E-state index contributed by atoms with van der Waals surface area (Å²) in [6.07, 6.45) is 1.02. The fraction of sp³-hybridized carbons (Fsp3) is 0.200. The van der Waals surface area contributed by atoms with E-state index in [0.717, 1.165) is 5.56 Å². The second kappa shape index (κ2) is 7.74. The normalized spacial score (nSPS) is 10.7. The average Bonchev–Trinajstić information content (AvgIpc) is 2.64. The number of H-pyrrole nitrogens is 1. The molecule has 0 spiro atoms. The van der Waals surface area contributed by atoms with Crippen molar-refractivity contribution in [1.82, 2.24) is 15.3 Å². The third-order valence-electron chi connectivity index (χ3n) is 4.07. The number of benzene rings is 2. The van der Waals surface area contributed by atoms with Crippen LogP contribution in [0, 0.1) is 6.92 Å². The molecule has 1 aromatic heterocycles. The smallest absolute Gasteiger partial charge is 0.258 e. The van der Waals surface area contributed by atoms with Crippen molar-refractivity contribution in [2.75, 3.05) is 6.54 Å². The molecular formula is C20H19N3O3. The number of hydrogen-bond acceptors (Lipinski definition) is 4. The molecule has 2 aromatic carbocycles. The number of amides is 1. The molecule has 0 aliphatic rings. The number of aryl methyl sites for hydroxylation is 2. The van der Waals surface area contributed by atoms with Crippen molar-refractivity contribution in [3.63, 3.8) is 0 Å². The van der Waals surface area contributed by atoms with E-state index in [1.54, 1.807) is 25.1 Å². The summed E-state index contributed by atoms with van der Waals surface area (Å²) in [6.45, 7) is 1.66. The molecule has 1 amide bonds. The largest absolute Gasteiger partial charge is 0.345 e. The Labute approximate surface area is 150 Å². The van der Waals surface area contributed by atoms with Crippen molar-refractivity contribution in [3.05, 3.63) is 75.8 Å². The first-order valence-electron chi connectivity index (χ1n) is 8.37. The Bertz CT molecular complexity index is 1010. The van der Waals surface area contributed by atoms with Gasteiger partial charge in [-0.3, -0.25) is 14.4 Å². The maximum Gasteiger partial charge on any atom is 0.258 e. The molecule has 0 aliphatic heterocycles. The number of aromatic amines is 1. The Hall–Kier alpha value is -3.28. The van der Waals surface area contributed by atoms with Gasteiger partial charge in [0.2, 0.25) is 0 Å². The number of carbonyl (C=O) groups is 2. The first-order chi connectivity index (χ1) is 12.5. The molecule has 0 atom stereocenters. The predicted molar refractivity (Wildman–Crippen MR) is 99.2 cm³/mol. The van der Waals surface area contributed by atoms with Gasteiger partial charge in [0.15, 0.2) is 5.78 Å². The predicted octanol–water partition coefficient (Wildman–Crippen LogP) is 2.16. The highest BCUT2D eigenvalue weighted by Crippen LogP contribution is 2.10. The van der Waals surface area contributed by atoms with E-state index in [4.69, 9.17) is 0 Å². The van der Waals surface area contributed by atoms with Crippen LogP contribution in [0.5, 0.6) is 0 Å². The summed E-state index contributed by atoms with van der Waals surface area (Å²) in [5, 5.41) is 3.05. The van der Waals surface area contributed by atoms with Crippen molar-refractivity contribution in [2.45, 2.75) is 19.8 Å². The number of rotatable bonds is 6. The van der Waals surface area contributed by atoms with Gasteiger partial charge in [0, 0.05) is 12.0 Å². The number of hydrogen-bond donors (Lipinski definition) is 2. The number of fused-ring (bicyclic) bond motifs is 1. The van der Waals surface area contributed by atoms with Gasteiger partial charge in [-0.25, -0.2) is 4.98 Å². The van der Waals surface area contributed by atoms with Gasteiger partial charge in [0.05, 0.1) is 17.4 Å². The zero-order valence-corrected chi connectivity index (χ0v) is 14.4. The van der Waals surface area contributed by atoms with Crippen molar-refractivity contribution in [2.24, 2.45) is 0 Å². The summed E-state index contributed by atoms with van der Waals surface area (Å²) >= 11 is 0. The summed E-state index contributed by atoms with van der Waals surface area (Å²) in [6, 6.07) is 14.4. The van der Waals surface area contributed by atoms with Gasteiger partial charge >= 0.3 is 0 Å². The van der Waals surface area contributed by atoms with Crippen molar-refractivity contribution < 1.29 is 9.59 Å². The van der Waals surface area contributed by atoms with E-state index in [1.807, 2.05) is 30.3 Å². The number of ketones is 1. The molecule has 0 aliphatic carbocycles. The molecule has 6 nitrogen and oxygen atoms in total. The lowest BCUT2D eigenvalue weighted by Gasteiger charge is -2.06. The van der Waals surface area contributed by atoms with Crippen LogP contribution in [0.3, 0.4) is 0 Å². The Morgan fingerprint density at radius 2 is 1.88 bits per heavy atom. The Morgan fingerprint density at radius 1 is 1.12 bits per heavy atom. The van der Waals surface area contributed by atoms with E-state index >= 15 is 0 Å². The highest BCUT2D eigenvalue weighted by Gasteiger charge is 2.11. The first kappa shape index (κ1) is 17.5. The second-order valence-electron chi connectivity index (χ2n) is 6.09. The van der Waals surface area contributed by atoms with E-state index < -0.39 is 0 Å². The Morgan fingerprint density at radius 3 is 2.65 bits per heavy atom. The molecule has 6 heteroatoms. The molecule has 3 aromatic rings. The van der Waals surface area contributed by atoms with Crippen LogP contribution in [0.25, 0.3) is 10.9 Å². The number of nitrogens with one attached hydrogen (secondary N) is 2. The molecule has 0 bridgehead atoms. The molecule has 0 fully saturated rings. The van der Waals surface area contributed by atoms with Gasteiger partial charge in [0.1, 0.15) is 5.82 Å². The van der Waals surface area contributed by atoms with Gasteiger partial charge in [0.25, 0.3) is 11.5 Å². The van der Waals surface area contributed by atoms with E-state index in [9.17, 15) is 14.4 Å². The number of carbonyl (C=O) groups excluding carboxylic acids is 2. The van der Waals surface area contributed by atoms with E-state index in [2.05, 4.69) is 15.3 Å². The summed E-state index contributed by atoms with van der Waals surface area (Å²) < 4.78 is 0. The Kier molecular flexibility index (Phi) is 5.22. The zero-order chi connectivity index (χ0) is 18.5. The molecule has 26 heavy (non-hydrogen) atoms. The van der Waals surface area contributed by atoms with Gasteiger partial charge < -0.3 is 10.3 Å². The van der Waals surface area contributed by atoms with Gasteiger partial charge in [-0.2, -0.15) is 0 Å². The van der Waals surface area contributed by atoms with Crippen molar-refractivity contribution in [1.29, 1.82) is 0 Å². The minimum atomic E-state index is -0.361. The topological polar surface area (TPSA) is 91.9 Å². The second-order valence-corrected chi connectivity index (χ2v) is 6.09. The maximum atomic E-state index is 12.3. The lowest BCUT2D eigenvalue weighted by Crippen LogP contribution is -2.29. The first-order valence-corrected chi connectivity index (χ1v) is 8.37. The van der Waals surface area contributed by atoms with Crippen LogP contribution in [-0.4, -0.2) is 28.2 Å². The van der Waals surface area contributed by atoms with E-state index in [-0.39, 0.29) is 23.8 Å². The van der Waals surface area contributed by atoms with Crippen LogP contribution in [0.2, 0.25) is 0 Å². The van der Waals surface area contributed by atoms with Crippen LogP contribution in [0.1, 0.15) is 28.2 Å². The van der Waals surface area contributed by atoms with Gasteiger partial charge in [-0.05, 0) is 37.1 Å². The van der Waals surface area contributed by atoms with E-state index in [0.29, 0.717) is 35.1 Å². The third-order valence-corrected chi connectivity index (χ3v) is 4.07. The van der Waals surface area contributed by atoms with Gasteiger partial charge in [-0.15, -0.1) is 0 Å². The number of aromatic nitrogens is 2. The van der Waals surface area contributed by atoms with Crippen LogP contribution in [-0.2, 0) is 11.2 Å². The molecule has 0 radical (unpaired) electrons. The SMILES string of the molecule is Cc1nc2cc(C(=O)NCC(=O)CCc3ccccc3)ccc2c(=O)[nH]1. The fourth-order valence-electron chi connectivity index (χ4n) is 2.70. The lowest BCUT2D eigenvalue weighted by atomic mass is 10.1. The molecule has 2 N–H and O–H groups in total. The summed E-state index contributed by atoms with van der Waals surface area (Å²) in [5.74, 6) is 0.0873. The van der Waals surface area contributed by atoms with Gasteiger partial charge in [-0.1, -0.05) is 30.3 Å². The summed E-state index contributed by atoms with van der Waals surface area (Å²) in [7, 11) is 0. The van der Waals surface area contributed by atoms with Crippen LogP contribution in [0.15, 0.2) is 53.3 Å². The highest BCUT2D eigenvalue weighted by molar-refractivity contribution is 5.99. The molecule has 132 valence electrons. The Balaban J connectivity index is 1.60. The van der Waals surface area contributed by atoms with Crippen LogP contribution >= 0.6 is 0 Å². The number of Topliss-reactive ketones (excluding diaryl/α,β-unsaturated/α-hetero) is 1. The molecular weight excluding hydrogens is 330 g/mol. The molecule has 0 saturated carbocycles. The molecule has 0 unspecified atom stereocenters. The molecule has 0 saturated heterocycles. The monoisotopic (exact) mass is 349 g/mol. The quantitative estimate of drug-likeness (QED) is 0.713. The van der Waals surface area contributed by atoms with Crippen LogP contribution in [0.4, 0.5) is 0 Å². The zero-order valence-electron chi connectivity index (χ0n) is 14.4.